The number of anilines is 2. The van der Waals surface area contributed by atoms with Gasteiger partial charge in [-0.2, -0.15) is 4.98 Å². The van der Waals surface area contributed by atoms with E-state index in [9.17, 15) is 4.79 Å². The van der Waals surface area contributed by atoms with E-state index < -0.39 is 0 Å². The molecule has 9 heteroatoms. The average Bonchev–Trinajstić information content (AvgIpc) is 3.07. The van der Waals surface area contributed by atoms with Gasteiger partial charge >= 0.3 is 0 Å². The minimum absolute atomic E-state index is 0.155. The number of hydrogen-bond acceptors (Lipinski definition) is 5. The van der Waals surface area contributed by atoms with Crippen molar-refractivity contribution in [1.82, 2.24) is 10.1 Å². The molecule has 0 aliphatic heterocycles. The summed E-state index contributed by atoms with van der Waals surface area (Å²) in [5, 5.41) is 7.77. The van der Waals surface area contributed by atoms with Crippen molar-refractivity contribution in [2.75, 3.05) is 11.1 Å². The second-order valence-electron chi connectivity index (χ2n) is 5.42. The topological polar surface area (TPSA) is 94.0 Å². The number of carbonyl (C=O) groups is 1. The number of hydrogen-bond donors (Lipinski definition) is 2. The van der Waals surface area contributed by atoms with E-state index in [-0.39, 0.29) is 28.1 Å². The van der Waals surface area contributed by atoms with Crippen LogP contribution in [0.2, 0.25) is 15.1 Å². The first-order valence-corrected chi connectivity index (χ1v) is 8.68. The van der Waals surface area contributed by atoms with Crippen LogP contribution in [0, 0.1) is 0 Å². The summed E-state index contributed by atoms with van der Waals surface area (Å²) in [6.45, 7) is 0. The van der Waals surface area contributed by atoms with Gasteiger partial charge in [0.1, 0.15) is 0 Å². The molecule has 0 saturated carbocycles. The molecule has 0 radical (unpaired) electrons. The predicted octanol–water partition coefficient (Wildman–Crippen LogP) is 4.85. The molecule has 0 bridgehead atoms. The number of rotatable bonds is 5. The van der Waals surface area contributed by atoms with E-state index in [1.54, 1.807) is 24.3 Å². The maximum Gasteiger partial charge on any atom is 0.227 e. The van der Waals surface area contributed by atoms with Crippen LogP contribution < -0.4 is 11.1 Å². The van der Waals surface area contributed by atoms with Gasteiger partial charge in [0.25, 0.3) is 0 Å². The number of nitrogens with zero attached hydrogens (tertiary/aromatic N) is 2. The van der Waals surface area contributed by atoms with Crippen molar-refractivity contribution in [2.45, 2.75) is 12.8 Å². The third-order valence-electron chi connectivity index (χ3n) is 3.50. The van der Waals surface area contributed by atoms with E-state index in [1.165, 1.54) is 12.1 Å². The van der Waals surface area contributed by atoms with E-state index in [0.29, 0.717) is 28.8 Å². The highest BCUT2D eigenvalue weighted by molar-refractivity contribution is 6.39. The maximum atomic E-state index is 12.1. The highest BCUT2D eigenvalue weighted by Gasteiger charge is 2.12. The van der Waals surface area contributed by atoms with Crippen LogP contribution >= 0.6 is 34.8 Å². The largest absolute Gasteiger partial charge is 0.396 e. The average molecular weight is 412 g/mol. The van der Waals surface area contributed by atoms with Crippen LogP contribution in [0.1, 0.15) is 12.3 Å². The number of nitrogen functional groups attached to an aromatic ring is 1. The van der Waals surface area contributed by atoms with Gasteiger partial charge in [-0.25, -0.2) is 0 Å². The smallest absolute Gasteiger partial charge is 0.227 e. The molecule has 3 rings (SSSR count). The number of nitrogens with two attached hydrogens (primary N) is 1. The number of nitrogens with one attached hydrogen (secondary N) is 1. The second kappa shape index (κ2) is 7.95. The van der Waals surface area contributed by atoms with Crippen LogP contribution in [0.5, 0.6) is 0 Å². The first-order chi connectivity index (χ1) is 12.4. The molecular weight excluding hydrogens is 399 g/mol. The third-order valence-corrected chi connectivity index (χ3v) is 4.38. The first-order valence-electron chi connectivity index (χ1n) is 7.55. The van der Waals surface area contributed by atoms with E-state index in [0.717, 1.165) is 5.56 Å². The lowest BCUT2D eigenvalue weighted by molar-refractivity contribution is -0.116. The molecule has 2 aromatic carbocycles. The molecule has 1 aromatic heterocycles. The van der Waals surface area contributed by atoms with Gasteiger partial charge in [-0.15, -0.1) is 0 Å². The predicted molar refractivity (Wildman–Crippen MR) is 103 cm³/mol. The van der Waals surface area contributed by atoms with Gasteiger partial charge in [0.2, 0.25) is 17.6 Å². The summed E-state index contributed by atoms with van der Waals surface area (Å²) in [4.78, 5) is 16.3. The Morgan fingerprint density at radius 1 is 1.12 bits per heavy atom. The Balaban J connectivity index is 1.59. The highest BCUT2D eigenvalue weighted by Crippen LogP contribution is 2.31. The van der Waals surface area contributed by atoms with Crippen LogP contribution in [0.3, 0.4) is 0 Å². The number of aryl methyl sites for hydroxylation is 1. The van der Waals surface area contributed by atoms with Gasteiger partial charge in [0.15, 0.2) is 0 Å². The molecule has 0 aliphatic carbocycles. The molecule has 0 saturated heterocycles. The van der Waals surface area contributed by atoms with Crippen molar-refractivity contribution in [3.63, 3.8) is 0 Å². The number of carbonyl (C=O) groups excluding carboxylic acids is 1. The quantitative estimate of drug-likeness (QED) is 0.585. The Labute approximate surface area is 164 Å². The van der Waals surface area contributed by atoms with Gasteiger partial charge in [-0.05, 0) is 36.4 Å². The minimum Gasteiger partial charge on any atom is -0.396 e. The van der Waals surface area contributed by atoms with Crippen molar-refractivity contribution in [3.8, 4) is 11.4 Å². The molecule has 0 spiro atoms. The number of benzene rings is 2. The number of aromatic nitrogens is 2. The van der Waals surface area contributed by atoms with Gasteiger partial charge in [-0.3, -0.25) is 4.79 Å². The van der Waals surface area contributed by atoms with E-state index in [4.69, 9.17) is 45.1 Å². The Kier molecular flexibility index (Phi) is 5.66. The monoisotopic (exact) mass is 410 g/mol. The fourth-order valence-electron chi connectivity index (χ4n) is 2.17. The van der Waals surface area contributed by atoms with Gasteiger partial charge < -0.3 is 15.6 Å². The molecule has 3 aromatic rings. The van der Waals surface area contributed by atoms with Crippen molar-refractivity contribution >= 4 is 52.1 Å². The Bertz CT molecular complexity index is 918. The molecule has 26 heavy (non-hydrogen) atoms. The van der Waals surface area contributed by atoms with E-state index in [1.807, 2.05) is 0 Å². The van der Waals surface area contributed by atoms with Crippen LogP contribution in [-0.2, 0) is 11.2 Å². The molecule has 134 valence electrons. The van der Waals surface area contributed by atoms with Crippen molar-refractivity contribution in [3.05, 3.63) is 57.4 Å². The zero-order valence-corrected chi connectivity index (χ0v) is 15.6. The second-order valence-corrected chi connectivity index (χ2v) is 6.67. The van der Waals surface area contributed by atoms with Crippen LogP contribution in [0.4, 0.5) is 11.4 Å². The molecule has 0 aliphatic rings. The molecule has 0 unspecified atom stereocenters. The fraction of sp³-hybridized carbons (Fsp3) is 0.118. The van der Waals surface area contributed by atoms with Gasteiger partial charge in [-0.1, -0.05) is 40.0 Å². The van der Waals surface area contributed by atoms with Gasteiger partial charge in [0, 0.05) is 29.1 Å². The molecule has 6 nitrogen and oxygen atoms in total. The van der Waals surface area contributed by atoms with Gasteiger partial charge in [0.05, 0.1) is 15.7 Å². The summed E-state index contributed by atoms with van der Waals surface area (Å²) in [6.07, 6.45) is 0.449. The summed E-state index contributed by atoms with van der Waals surface area (Å²) in [7, 11) is 0. The van der Waals surface area contributed by atoms with Crippen LogP contribution in [-0.4, -0.2) is 16.0 Å². The Hall–Kier alpha value is -2.28. The normalized spacial score (nSPS) is 10.7. The van der Waals surface area contributed by atoms with Crippen molar-refractivity contribution < 1.29 is 9.32 Å². The molecule has 3 N–H and O–H groups in total. The number of halogens is 3. The molecule has 0 fully saturated rings. The minimum atomic E-state index is -0.242. The SMILES string of the molecule is Nc1c(Cl)cc(NC(=O)CCc2nc(-c3ccc(Cl)cc3)no2)cc1Cl. The first kappa shape index (κ1) is 18.5. The summed E-state index contributed by atoms with van der Waals surface area (Å²) >= 11 is 17.7. The standard InChI is InChI=1S/C17H13Cl3N4O2/c18-10-3-1-9(2-4-10)17-23-15(26-24-17)6-5-14(25)22-11-7-12(19)16(21)13(20)8-11/h1-4,7-8H,5-6,21H2,(H,22,25). The highest BCUT2D eigenvalue weighted by atomic mass is 35.5. The molecule has 0 atom stereocenters. The van der Waals surface area contributed by atoms with E-state index >= 15 is 0 Å². The van der Waals surface area contributed by atoms with Crippen molar-refractivity contribution in [2.24, 2.45) is 0 Å². The lowest BCUT2D eigenvalue weighted by Crippen LogP contribution is -2.12. The lowest BCUT2D eigenvalue weighted by Gasteiger charge is -2.07. The lowest BCUT2D eigenvalue weighted by atomic mass is 10.2. The molecular formula is C17H13Cl3N4O2. The van der Waals surface area contributed by atoms with Crippen molar-refractivity contribution in [1.29, 1.82) is 0 Å². The summed E-state index contributed by atoms with van der Waals surface area (Å²) in [5.41, 5.74) is 7.18. The summed E-state index contributed by atoms with van der Waals surface area (Å²) < 4.78 is 5.17. The zero-order valence-electron chi connectivity index (χ0n) is 13.3. The van der Waals surface area contributed by atoms with Crippen LogP contribution in [0.25, 0.3) is 11.4 Å². The summed E-state index contributed by atoms with van der Waals surface area (Å²) in [6, 6.07) is 10.1. The summed E-state index contributed by atoms with van der Waals surface area (Å²) in [5.74, 6) is 0.556. The fourth-order valence-corrected chi connectivity index (χ4v) is 2.79. The third kappa shape index (κ3) is 4.46. The molecule has 1 heterocycles. The Morgan fingerprint density at radius 2 is 1.77 bits per heavy atom. The Morgan fingerprint density at radius 3 is 2.42 bits per heavy atom. The molecule has 1 amide bonds. The van der Waals surface area contributed by atoms with Crippen LogP contribution in [0.15, 0.2) is 40.9 Å². The van der Waals surface area contributed by atoms with E-state index in [2.05, 4.69) is 15.5 Å². The number of amides is 1. The zero-order chi connectivity index (χ0) is 18.7. The maximum absolute atomic E-state index is 12.1.